The van der Waals surface area contributed by atoms with Crippen molar-refractivity contribution in [1.29, 1.82) is 0 Å². The maximum atomic E-state index is 12.8. The van der Waals surface area contributed by atoms with Crippen molar-refractivity contribution in [3.63, 3.8) is 0 Å². The van der Waals surface area contributed by atoms with E-state index in [9.17, 15) is 18.0 Å². The molecule has 1 aromatic rings. The van der Waals surface area contributed by atoms with E-state index < -0.39 is 11.7 Å². The van der Waals surface area contributed by atoms with Crippen molar-refractivity contribution in [2.24, 2.45) is 0 Å². The van der Waals surface area contributed by atoms with Gasteiger partial charge in [-0.05, 0) is 25.3 Å². The SMILES string of the molecule is O=C(CN1CCCN(c2ncc(C(F)(F)F)cc2Cl)CC1)NC[C@H]1CCCO1. The molecule has 1 atom stereocenters. The van der Waals surface area contributed by atoms with Gasteiger partial charge in [0, 0.05) is 45.5 Å². The number of nitrogens with one attached hydrogen (secondary N) is 1. The van der Waals surface area contributed by atoms with Crippen LogP contribution in [0.3, 0.4) is 0 Å². The lowest BCUT2D eigenvalue weighted by atomic mass is 10.2. The van der Waals surface area contributed by atoms with Gasteiger partial charge >= 0.3 is 6.18 Å². The van der Waals surface area contributed by atoms with Crippen LogP contribution < -0.4 is 10.2 Å². The van der Waals surface area contributed by atoms with Gasteiger partial charge in [-0.2, -0.15) is 13.2 Å². The van der Waals surface area contributed by atoms with Gasteiger partial charge in [-0.25, -0.2) is 4.98 Å². The van der Waals surface area contributed by atoms with Crippen LogP contribution in [0.4, 0.5) is 19.0 Å². The van der Waals surface area contributed by atoms with E-state index in [1.54, 1.807) is 0 Å². The highest BCUT2D eigenvalue weighted by atomic mass is 35.5. The molecule has 2 saturated heterocycles. The van der Waals surface area contributed by atoms with Crippen molar-refractivity contribution >= 4 is 23.3 Å². The Morgan fingerprint density at radius 3 is 2.79 bits per heavy atom. The average Bonchev–Trinajstić information content (AvgIpc) is 3.05. The molecule has 3 rings (SSSR count). The standard InChI is InChI=1S/C18H24ClF3N4O2/c19-15-9-13(18(20,21)22)10-24-17(15)26-5-2-4-25(6-7-26)12-16(27)23-11-14-3-1-8-28-14/h9-10,14H,1-8,11-12H2,(H,23,27)/t14-/m1/s1. The van der Waals surface area contributed by atoms with Crippen LogP contribution in [-0.4, -0.2) is 67.8 Å². The van der Waals surface area contributed by atoms with Gasteiger partial charge in [0.05, 0.1) is 23.2 Å². The molecular formula is C18H24ClF3N4O2. The molecule has 0 spiro atoms. The number of carbonyl (C=O) groups excluding carboxylic acids is 1. The Kier molecular flexibility index (Phi) is 7.00. The number of pyridine rings is 1. The van der Waals surface area contributed by atoms with Gasteiger partial charge in [-0.15, -0.1) is 0 Å². The van der Waals surface area contributed by atoms with Crippen LogP contribution >= 0.6 is 11.6 Å². The summed E-state index contributed by atoms with van der Waals surface area (Å²) in [7, 11) is 0. The molecule has 2 aliphatic rings. The van der Waals surface area contributed by atoms with Gasteiger partial charge in [0.1, 0.15) is 5.82 Å². The second-order valence-corrected chi connectivity index (χ2v) is 7.49. The average molecular weight is 421 g/mol. The lowest BCUT2D eigenvalue weighted by Gasteiger charge is -2.24. The number of ether oxygens (including phenoxy) is 1. The summed E-state index contributed by atoms with van der Waals surface area (Å²) in [5, 5.41) is 2.89. The first kappa shape index (κ1) is 21.1. The summed E-state index contributed by atoms with van der Waals surface area (Å²) < 4.78 is 43.8. The van der Waals surface area contributed by atoms with Crippen molar-refractivity contribution in [1.82, 2.24) is 15.2 Å². The minimum Gasteiger partial charge on any atom is -0.376 e. The summed E-state index contributed by atoms with van der Waals surface area (Å²) in [6.45, 7) is 4.05. The van der Waals surface area contributed by atoms with E-state index in [0.29, 0.717) is 32.0 Å². The van der Waals surface area contributed by atoms with Gasteiger partial charge < -0.3 is 15.0 Å². The molecule has 10 heteroatoms. The third kappa shape index (κ3) is 5.71. The van der Waals surface area contributed by atoms with Crippen molar-refractivity contribution in [3.8, 4) is 0 Å². The van der Waals surface area contributed by atoms with Crippen LogP contribution in [0.25, 0.3) is 0 Å². The van der Waals surface area contributed by atoms with E-state index in [1.165, 1.54) is 0 Å². The number of rotatable bonds is 5. The number of nitrogens with zero attached hydrogens (tertiary/aromatic N) is 3. The Bertz CT molecular complexity index is 683. The van der Waals surface area contributed by atoms with E-state index in [1.807, 2.05) is 9.80 Å². The van der Waals surface area contributed by atoms with E-state index in [0.717, 1.165) is 44.7 Å². The predicted octanol–water partition coefficient (Wildman–Crippen LogP) is 2.56. The zero-order valence-corrected chi connectivity index (χ0v) is 16.2. The molecule has 6 nitrogen and oxygen atoms in total. The number of amides is 1. The molecule has 1 N–H and O–H groups in total. The van der Waals surface area contributed by atoms with E-state index in [2.05, 4.69) is 10.3 Å². The first-order valence-corrected chi connectivity index (χ1v) is 9.79. The summed E-state index contributed by atoms with van der Waals surface area (Å²) >= 11 is 6.05. The van der Waals surface area contributed by atoms with Gasteiger partial charge in [0.25, 0.3) is 0 Å². The normalized spacial score (nSPS) is 21.6. The third-order valence-corrected chi connectivity index (χ3v) is 5.23. The Balaban J connectivity index is 1.51. The fourth-order valence-electron chi connectivity index (χ4n) is 3.45. The molecule has 156 valence electrons. The summed E-state index contributed by atoms with van der Waals surface area (Å²) in [5.41, 5.74) is -0.861. The lowest BCUT2D eigenvalue weighted by Crippen LogP contribution is -2.41. The summed E-state index contributed by atoms with van der Waals surface area (Å²) in [6, 6.07) is 0.908. The smallest absolute Gasteiger partial charge is 0.376 e. The molecule has 0 unspecified atom stereocenters. The molecule has 2 aliphatic heterocycles. The molecule has 0 aromatic carbocycles. The number of anilines is 1. The number of hydrogen-bond donors (Lipinski definition) is 1. The van der Waals surface area contributed by atoms with Crippen LogP contribution in [0, 0.1) is 0 Å². The molecular weight excluding hydrogens is 397 g/mol. The molecule has 28 heavy (non-hydrogen) atoms. The molecule has 3 heterocycles. The fraction of sp³-hybridized carbons (Fsp3) is 0.667. The topological polar surface area (TPSA) is 57.7 Å². The molecule has 0 aliphatic carbocycles. The van der Waals surface area contributed by atoms with Crippen LogP contribution in [-0.2, 0) is 15.7 Å². The zero-order valence-electron chi connectivity index (χ0n) is 15.5. The Morgan fingerprint density at radius 2 is 2.11 bits per heavy atom. The van der Waals surface area contributed by atoms with Crippen LogP contribution in [0.1, 0.15) is 24.8 Å². The second kappa shape index (κ2) is 9.28. The van der Waals surface area contributed by atoms with Gasteiger partial charge in [-0.1, -0.05) is 11.6 Å². The molecule has 0 bridgehead atoms. The van der Waals surface area contributed by atoms with Crippen molar-refractivity contribution in [2.45, 2.75) is 31.5 Å². The number of hydrogen-bond acceptors (Lipinski definition) is 5. The summed E-state index contributed by atoms with van der Waals surface area (Å²) in [4.78, 5) is 20.0. The molecule has 1 aromatic heterocycles. The maximum absolute atomic E-state index is 12.8. The molecule has 1 amide bonds. The number of carbonyl (C=O) groups is 1. The quantitative estimate of drug-likeness (QED) is 0.793. The number of alkyl halides is 3. The molecule has 0 saturated carbocycles. The highest BCUT2D eigenvalue weighted by Crippen LogP contribution is 2.33. The Hall–Kier alpha value is -1.58. The van der Waals surface area contributed by atoms with Crippen LogP contribution in [0.2, 0.25) is 5.02 Å². The zero-order chi connectivity index (χ0) is 20.1. The van der Waals surface area contributed by atoms with Crippen molar-refractivity contribution in [2.75, 3.05) is 50.8 Å². The molecule has 2 fully saturated rings. The minimum atomic E-state index is -4.47. The van der Waals surface area contributed by atoms with Gasteiger partial charge in [0.15, 0.2) is 0 Å². The lowest BCUT2D eigenvalue weighted by molar-refractivity contribution is -0.137. The molecule has 0 radical (unpaired) electrons. The Morgan fingerprint density at radius 1 is 1.29 bits per heavy atom. The van der Waals surface area contributed by atoms with Crippen molar-refractivity contribution < 1.29 is 22.7 Å². The predicted molar refractivity (Wildman–Crippen MR) is 99.5 cm³/mol. The maximum Gasteiger partial charge on any atom is 0.417 e. The minimum absolute atomic E-state index is 0.0161. The second-order valence-electron chi connectivity index (χ2n) is 7.08. The van der Waals surface area contributed by atoms with Crippen LogP contribution in [0.15, 0.2) is 12.3 Å². The van der Waals surface area contributed by atoms with E-state index in [-0.39, 0.29) is 23.6 Å². The number of aromatic nitrogens is 1. The Labute approximate surface area is 167 Å². The van der Waals surface area contributed by atoms with Gasteiger partial charge in [-0.3, -0.25) is 9.69 Å². The van der Waals surface area contributed by atoms with E-state index in [4.69, 9.17) is 16.3 Å². The first-order chi connectivity index (χ1) is 13.3. The van der Waals surface area contributed by atoms with Crippen molar-refractivity contribution in [3.05, 3.63) is 22.8 Å². The first-order valence-electron chi connectivity index (χ1n) is 9.41. The van der Waals surface area contributed by atoms with Gasteiger partial charge in [0.2, 0.25) is 5.91 Å². The number of halogens is 4. The summed E-state index contributed by atoms with van der Waals surface area (Å²) in [5.74, 6) is 0.300. The van der Waals surface area contributed by atoms with E-state index >= 15 is 0 Å². The monoisotopic (exact) mass is 420 g/mol. The fourth-order valence-corrected chi connectivity index (χ4v) is 3.74. The van der Waals surface area contributed by atoms with Crippen LogP contribution in [0.5, 0.6) is 0 Å². The highest BCUT2D eigenvalue weighted by Gasteiger charge is 2.32. The summed E-state index contributed by atoms with van der Waals surface area (Å²) in [6.07, 6.45) is -0.790. The largest absolute Gasteiger partial charge is 0.417 e. The third-order valence-electron chi connectivity index (χ3n) is 4.96. The highest BCUT2D eigenvalue weighted by molar-refractivity contribution is 6.33.